The summed E-state index contributed by atoms with van der Waals surface area (Å²) in [6, 6.07) is 3.95. The number of fused-ring (bicyclic) bond motifs is 1. The van der Waals surface area contributed by atoms with Gasteiger partial charge in [0.15, 0.2) is 0 Å². The van der Waals surface area contributed by atoms with Gasteiger partial charge in [-0.05, 0) is 32.3 Å². The Kier molecular flexibility index (Phi) is 5.83. The van der Waals surface area contributed by atoms with E-state index in [1.54, 1.807) is 19.5 Å². The third kappa shape index (κ3) is 3.95. The molecule has 30 heavy (non-hydrogen) atoms. The Morgan fingerprint density at radius 1 is 1.27 bits per heavy atom. The van der Waals surface area contributed by atoms with Gasteiger partial charge in [-0.25, -0.2) is 15.0 Å². The van der Waals surface area contributed by atoms with Crippen LogP contribution in [0.3, 0.4) is 0 Å². The number of imidazole rings is 1. The first-order valence-corrected chi connectivity index (χ1v) is 10.4. The topological polar surface area (TPSA) is 101 Å². The van der Waals surface area contributed by atoms with Crippen molar-refractivity contribution in [1.82, 2.24) is 24.5 Å². The molecule has 1 aliphatic rings. The lowest BCUT2D eigenvalue weighted by Gasteiger charge is -2.36. The van der Waals surface area contributed by atoms with Gasteiger partial charge in [0, 0.05) is 38.5 Å². The third-order valence-electron chi connectivity index (χ3n) is 5.62. The van der Waals surface area contributed by atoms with E-state index < -0.39 is 0 Å². The van der Waals surface area contributed by atoms with Gasteiger partial charge in [0.1, 0.15) is 29.6 Å². The van der Waals surface area contributed by atoms with Crippen LogP contribution >= 0.6 is 0 Å². The second kappa shape index (κ2) is 8.53. The Labute approximate surface area is 176 Å². The Hall–Kier alpha value is -2.78. The van der Waals surface area contributed by atoms with Crippen molar-refractivity contribution in [2.24, 2.45) is 5.92 Å². The lowest BCUT2D eigenvalue weighted by atomic mass is 9.97. The summed E-state index contributed by atoms with van der Waals surface area (Å²) in [5.41, 5.74) is 1.69. The molecule has 0 saturated carbocycles. The highest BCUT2D eigenvalue weighted by Gasteiger charge is 2.27. The predicted molar refractivity (Wildman–Crippen MR) is 116 cm³/mol. The summed E-state index contributed by atoms with van der Waals surface area (Å²) in [4.78, 5) is 20.3. The second-order valence-corrected chi connectivity index (χ2v) is 8.06. The molecule has 0 radical (unpaired) electrons. The van der Waals surface area contributed by atoms with E-state index in [0.717, 1.165) is 30.5 Å². The number of pyridine rings is 1. The van der Waals surface area contributed by atoms with Gasteiger partial charge in [-0.1, -0.05) is 6.92 Å². The van der Waals surface area contributed by atoms with Gasteiger partial charge < -0.3 is 24.6 Å². The summed E-state index contributed by atoms with van der Waals surface area (Å²) in [6.45, 7) is 7.96. The number of aromatic nitrogens is 5. The summed E-state index contributed by atoms with van der Waals surface area (Å²) >= 11 is 0. The minimum absolute atomic E-state index is 0.108. The van der Waals surface area contributed by atoms with E-state index in [-0.39, 0.29) is 18.8 Å². The van der Waals surface area contributed by atoms with Gasteiger partial charge in [-0.2, -0.15) is 4.98 Å². The van der Waals surface area contributed by atoms with E-state index in [1.807, 2.05) is 16.7 Å². The van der Waals surface area contributed by atoms with E-state index in [1.165, 1.54) is 0 Å². The van der Waals surface area contributed by atoms with Crippen molar-refractivity contribution in [3.8, 4) is 0 Å². The summed E-state index contributed by atoms with van der Waals surface area (Å²) in [7, 11) is 1.77. The van der Waals surface area contributed by atoms with E-state index >= 15 is 0 Å². The lowest BCUT2D eigenvalue weighted by molar-refractivity contribution is 0.0442. The number of rotatable bonds is 6. The van der Waals surface area contributed by atoms with Gasteiger partial charge in [-0.15, -0.1) is 0 Å². The Balaban J connectivity index is 1.57. The van der Waals surface area contributed by atoms with Gasteiger partial charge in [0.05, 0.1) is 17.8 Å². The first kappa shape index (κ1) is 20.5. The molecule has 0 aliphatic carbocycles. The number of hydrogen-bond acceptors (Lipinski definition) is 8. The zero-order chi connectivity index (χ0) is 21.3. The standard InChI is InChI=1S/C21H29N7O2/c1-13(2)28-16-9-19(23-10-15(16)24-20(28)12-29)25-18-5-7-22-21(26-18)27-8-6-17(30-4)14(3)11-27/h5,7,9-10,13-14,17,29H,6,8,11-12H2,1-4H3,(H,22,23,25,26)/t14-,17+/m0/s1. The molecular weight excluding hydrogens is 382 g/mol. The number of aliphatic hydroxyl groups excluding tert-OH is 1. The first-order valence-electron chi connectivity index (χ1n) is 10.4. The van der Waals surface area contributed by atoms with Crippen molar-refractivity contribution in [3.05, 3.63) is 30.4 Å². The fraction of sp³-hybridized carbons (Fsp3) is 0.524. The highest BCUT2D eigenvalue weighted by Crippen LogP contribution is 2.26. The molecule has 0 unspecified atom stereocenters. The second-order valence-electron chi connectivity index (χ2n) is 8.06. The maximum atomic E-state index is 9.63. The molecule has 0 bridgehead atoms. The number of nitrogens with one attached hydrogen (secondary N) is 1. The van der Waals surface area contributed by atoms with E-state index in [9.17, 15) is 5.11 Å². The normalized spacial score (nSPS) is 19.6. The Morgan fingerprint density at radius 3 is 2.80 bits per heavy atom. The average Bonchev–Trinajstić information content (AvgIpc) is 3.12. The van der Waals surface area contributed by atoms with Crippen LogP contribution in [0.15, 0.2) is 24.5 Å². The maximum Gasteiger partial charge on any atom is 0.227 e. The molecule has 160 valence electrons. The minimum atomic E-state index is -0.108. The number of anilines is 3. The van der Waals surface area contributed by atoms with Gasteiger partial charge >= 0.3 is 0 Å². The van der Waals surface area contributed by atoms with E-state index in [2.05, 4.69) is 45.9 Å². The van der Waals surface area contributed by atoms with Crippen molar-refractivity contribution in [3.63, 3.8) is 0 Å². The molecule has 0 spiro atoms. The SMILES string of the molecule is CO[C@@H]1CCN(c2nccc(Nc3cc4c(cn3)nc(CO)n4C(C)C)n2)C[C@@H]1C. The van der Waals surface area contributed by atoms with Crippen LogP contribution in [0.2, 0.25) is 0 Å². The molecular formula is C21H29N7O2. The number of piperidine rings is 1. The van der Waals surface area contributed by atoms with Gasteiger partial charge in [0.25, 0.3) is 0 Å². The fourth-order valence-corrected chi connectivity index (χ4v) is 4.16. The van der Waals surface area contributed by atoms with Crippen LogP contribution < -0.4 is 10.2 Å². The third-order valence-corrected chi connectivity index (χ3v) is 5.62. The smallest absolute Gasteiger partial charge is 0.227 e. The molecule has 4 rings (SSSR count). The van der Waals surface area contributed by atoms with Crippen LogP contribution in [0, 0.1) is 5.92 Å². The molecule has 2 N–H and O–H groups in total. The molecule has 3 aromatic rings. The molecule has 2 atom stereocenters. The molecule has 1 aliphatic heterocycles. The quantitative estimate of drug-likeness (QED) is 0.638. The number of ether oxygens (including phenoxy) is 1. The van der Waals surface area contributed by atoms with Crippen LogP contribution in [0.25, 0.3) is 11.0 Å². The van der Waals surface area contributed by atoms with Crippen LogP contribution in [0.5, 0.6) is 0 Å². The maximum absolute atomic E-state index is 9.63. The van der Waals surface area contributed by atoms with Crippen molar-refractivity contribution >= 4 is 28.6 Å². The number of methoxy groups -OCH3 is 1. The number of aliphatic hydroxyl groups is 1. The summed E-state index contributed by atoms with van der Waals surface area (Å²) in [5, 5.41) is 12.9. The zero-order valence-electron chi connectivity index (χ0n) is 17.9. The Morgan fingerprint density at radius 2 is 2.10 bits per heavy atom. The van der Waals surface area contributed by atoms with Crippen LogP contribution in [0.1, 0.15) is 39.1 Å². The molecule has 1 fully saturated rings. The zero-order valence-corrected chi connectivity index (χ0v) is 17.9. The van der Waals surface area contributed by atoms with E-state index in [4.69, 9.17) is 9.72 Å². The molecule has 0 amide bonds. The molecule has 9 heteroatoms. The summed E-state index contributed by atoms with van der Waals surface area (Å²) in [6.07, 6.45) is 4.73. The fourth-order valence-electron chi connectivity index (χ4n) is 4.16. The minimum Gasteiger partial charge on any atom is -0.388 e. The monoisotopic (exact) mass is 411 g/mol. The summed E-state index contributed by atoms with van der Waals surface area (Å²) < 4.78 is 7.57. The van der Waals surface area contributed by atoms with Crippen molar-refractivity contribution in [2.45, 2.75) is 45.9 Å². The molecule has 1 saturated heterocycles. The predicted octanol–water partition coefficient (Wildman–Crippen LogP) is 2.90. The van der Waals surface area contributed by atoms with Crippen molar-refractivity contribution in [1.29, 1.82) is 0 Å². The average molecular weight is 412 g/mol. The van der Waals surface area contributed by atoms with Crippen LogP contribution in [0.4, 0.5) is 17.6 Å². The van der Waals surface area contributed by atoms with Gasteiger partial charge in [-0.3, -0.25) is 0 Å². The largest absolute Gasteiger partial charge is 0.388 e. The first-order chi connectivity index (χ1) is 14.5. The highest BCUT2D eigenvalue weighted by atomic mass is 16.5. The van der Waals surface area contributed by atoms with Crippen molar-refractivity contribution in [2.75, 3.05) is 30.4 Å². The molecule has 9 nitrogen and oxygen atoms in total. The Bertz CT molecular complexity index is 1020. The van der Waals surface area contributed by atoms with Crippen LogP contribution in [-0.2, 0) is 11.3 Å². The van der Waals surface area contributed by atoms with E-state index in [0.29, 0.717) is 29.3 Å². The van der Waals surface area contributed by atoms with Gasteiger partial charge in [0.2, 0.25) is 5.95 Å². The van der Waals surface area contributed by atoms with Crippen LogP contribution in [-0.4, -0.2) is 55.9 Å². The number of nitrogens with zero attached hydrogens (tertiary/aromatic N) is 6. The molecule has 3 aromatic heterocycles. The van der Waals surface area contributed by atoms with Crippen molar-refractivity contribution < 1.29 is 9.84 Å². The molecule has 4 heterocycles. The number of hydrogen-bond donors (Lipinski definition) is 2. The summed E-state index contributed by atoms with van der Waals surface area (Å²) in [5.74, 6) is 3.12. The molecule has 0 aromatic carbocycles. The highest BCUT2D eigenvalue weighted by molar-refractivity contribution is 5.79. The lowest BCUT2D eigenvalue weighted by Crippen LogP contribution is -2.43.